The molecule has 1 aromatic rings. The van der Waals surface area contributed by atoms with Gasteiger partial charge in [0.1, 0.15) is 0 Å². The third-order valence-electron chi connectivity index (χ3n) is 3.61. The molecule has 1 aliphatic rings. The van der Waals surface area contributed by atoms with Crippen molar-refractivity contribution in [1.82, 2.24) is 4.90 Å². The Kier molecular flexibility index (Phi) is 4.80. The van der Waals surface area contributed by atoms with E-state index in [9.17, 15) is 9.90 Å². The molecule has 1 saturated heterocycles. The van der Waals surface area contributed by atoms with Gasteiger partial charge < -0.3 is 15.7 Å². The van der Waals surface area contributed by atoms with Crippen LogP contribution in [0, 0.1) is 0 Å². The van der Waals surface area contributed by atoms with Crippen molar-refractivity contribution < 1.29 is 9.90 Å². The molecule has 0 spiro atoms. The average Bonchev–Trinajstić information content (AvgIpc) is 2.39. The summed E-state index contributed by atoms with van der Waals surface area (Å²) in [6.45, 7) is 2.21. The molecule has 0 aromatic heterocycles. The van der Waals surface area contributed by atoms with E-state index in [1.165, 1.54) is 0 Å². The van der Waals surface area contributed by atoms with Gasteiger partial charge in [-0.2, -0.15) is 0 Å². The minimum atomic E-state index is -0.326. The van der Waals surface area contributed by atoms with Crippen LogP contribution >= 0.6 is 11.6 Å². The van der Waals surface area contributed by atoms with E-state index in [0.717, 1.165) is 31.5 Å². The molecule has 0 bridgehead atoms. The van der Waals surface area contributed by atoms with Gasteiger partial charge in [0.2, 0.25) is 5.91 Å². The Bertz CT molecular complexity index is 428. The summed E-state index contributed by atoms with van der Waals surface area (Å²) >= 11 is 5.85. The van der Waals surface area contributed by atoms with Gasteiger partial charge in [-0.1, -0.05) is 23.7 Å². The highest BCUT2D eigenvalue weighted by atomic mass is 35.5. The number of hydrogen-bond donors (Lipinski definition) is 2. The second-order valence-electron chi connectivity index (χ2n) is 5.04. The second kappa shape index (κ2) is 6.37. The van der Waals surface area contributed by atoms with E-state index in [1.54, 1.807) is 12.1 Å². The van der Waals surface area contributed by atoms with Crippen molar-refractivity contribution >= 4 is 17.5 Å². The Morgan fingerprint density at radius 1 is 1.37 bits per heavy atom. The van der Waals surface area contributed by atoms with Gasteiger partial charge in [-0.15, -0.1) is 0 Å². The first kappa shape index (κ1) is 14.3. The monoisotopic (exact) mass is 282 g/mol. The molecule has 0 radical (unpaired) electrons. The van der Waals surface area contributed by atoms with Crippen LogP contribution in [0.5, 0.6) is 0 Å². The van der Waals surface area contributed by atoms with Gasteiger partial charge in [-0.25, -0.2) is 0 Å². The topological polar surface area (TPSA) is 66.6 Å². The molecular formula is C14H19ClN2O2. The van der Waals surface area contributed by atoms with Crippen LogP contribution in [-0.2, 0) is 4.79 Å². The predicted octanol–water partition coefficient (Wildman–Crippen LogP) is 1.37. The number of nitrogens with two attached hydrogens (primary N) is 1. The molecule has 2 rings (SSSR count). The molecule has 19 heavy (non-hydrogen) atoms. The fraction of sp³-hybridized carbons (Fsp3) is 0.500. The Hall–Kier alpha value is -1.10. The Morgan fingerprint density at radius 2 is 1.95 bits per heavy atom. The highest BCUT2D eigenvalue weighted by molar-refractivity contribution is 6.30. The molecule has 4 nitrogen and oxygen atoms in total. The van der Waals surface area contributed by atoms with Crippen molar-refractivity contribution in [1.29, 1.82) is 0 Å². The quantitative estimate of drug-likeness (QED) is 0.876. The fourth-order valence-corrected chi connectivity index (χ4v) is 2.54. The summed E-state index contributed by atoms with van der Waals surface area (Å²) in [6.07, 6.45) is 1.30. The molecule has 1 atom stereocenters. The molecular weight excluding hydrogens is 264 g/mol. The van der Waals surface area contributed by atoms with Gasteiger partial charge in [0.25, 0.3) is 0 Å². The molecule has 104 valence electrons. The van der Waals surface area contributed by atoms with Gasteiger partial charge in [0.05, 0.1) is 12.0 Å². The number of nitrogens with zero attached hydrogens (tertiary/aromatic N) is 1. The molecule has 0 aliphatic carbocycles. The van der Waals surface area contributed by atoms with Gasteiger partial charge >= 0.3 is 0 Å². The van der Waals surface area contributed by atoms with Crippen molar-refractivity contribution in [3.63, 3.8) is 0 Å². The van der Waals surface area contributed by atoms with Crippen LogP contribution in [0.15, 0.2) is 24.3 Å². The van der Waals surface area contributed by atoms with Crippen LogP contribution in [0.4, 0.5) is 0 Å². The highest BCUT2D eigenvalue weighted by Gasteiger charge is 2.24. The minimum Gasteiger partial charge on any atom is -0.393 e. The maximum absolute atomic E-state index is 11.6. The van der Waals surface area contributed by atoms with Crippen LogP contribution < -0.4 is 5.73 Å². The van der Waals surface area contributed by atoms with Crippen LogP contribution in [0.2, 0.25) is 5.02 Å². The van der Waals surface area contributed by atoms with Crippen LogP contribution in [0.3, 0.4) is 0 Å². The van der Waals surface area contributed by atoms with Crippen molar-refractivity contribution in [2.24, 2.45) is 5.73 Å². The van der Waals surface area contributed by atoms with Crippen molar-refractivity contribution in [2.45, 2.75) is 24.9 Å². The lowest BCUT2D eigenvalue weighted by molar-refractivity contribution is -0.120. The summed E-state index contributed by atoms with van der Waals surface area (Å²) in [5, 5.41) is 10.1. The first-order chi connectivity index (χ1) is 9.06. The molecule has 1 amide bonds. The minimum absolute atomic E-state index is 0.209. The number of halogens is 1. The Morgan fingerprint density at radius 3 is 2.47 bits per heavy atom. The third-order valence-corrected chi connectivity index (χ3v) is 3.87. The standard InChI is InChI=1S/C14H19ClN2O2/c15-11-3-1-10(2-4-11)13(14(16)19)9-17-7-5-12(18)6-8-17/h1-4,12-13,18H,5-9H2,(H2,16,19)/t13-/m1/s1. The van der Waals surface area contributed by atoms with E-state index < -0.39 is 0 Å². The molecule has 1 fully saturated rings. The number of piperidine rings is 1. The van der Waals surface area contributed by atoms with Gasteiger partial charge in [0, 0.05) is 24.7 Å². The number of likely N-dealkylation sites (tertiary alicyclic amines) is 1. The van der Waals surface area contributed by atoms with Gasteiger partial charge in [-0.3, -0.25) is 4.79 Å². The molecule has 5 heteroatoms. The number of amides is 1. The fourth-order valence-electron chi connectivity index (χ4n) is 2.41. The van der Waals surface area contributed by atoms with E-state index in [1.807, 2.05) is 12.1 Å². The number of benzene rings is 1. The summed E-state index contributed by atoms with van der Waals surface area (Å²) in [5.41, 5.74) is 6.39. The first-order valence-corrected chi connectivity index (χ1v) is 6.89. The molecule has 1 aliphatic heterocycles. The normalized spacial score (nSPS) is 19.3. The van der Waals surface area contributed by atoms with Crippen molar-refractivity contribution in [3.8, 4) is 0 Å². The second-order valence-corrected chi connectivity index (χ2v) is 5.47. The van der Waals surface area contributed by atoms with E-state index >= 15 is 0 Å². The first-order valence-electron chi connectivity index (χ1n) is 6.51. The molecule has 1 aromatic carbocycles. The third kappa shape index (κ3) is 3.93. The molecule has 0 saturated carbocycles. The molecule has 3 N–H and O–H groups in total. The SMILES string of the molecule is NC(=O)[C@H](CN1CCC(O)CC1)c1ccc(Cl)cc1. The maximum atomic E-state index is 11.6. The zero-order valence-corrected chi connectivity index (χ0v) is 11.5. The molecule has 0 unspecified atom stereocenters. The smallest absolute Gasteiger partial charge is 0.226 e. The lowest BCUT2D eigenvalue weighted by Gasteiger charge is -2.31. The number of carbonyl (C=O) groups is 1. The summed E-state index contributed by atoms with van der Waals surface area (Å²) in [4.78, 5) is 13.8. The van der Waals surface area contributed by atoms with Crippen molar-refractivity contribution in [2.75, 3.05) is 19.6 Å². The number of carbonyl (C=O) groups excluding carboxylic acids is 1. The maximum Gasteiger partial charge on any atom is 0.226 e. The van der Waals surface area contributed by atoms with E-state index in [-0.39, 0.29) is 17.9 Å². The van der Waals surface area contributed by atoms with Crippen LogP contribution in [0.1, 0.15) is 24.3 Å². The van der Waals surface area contributed by atoms with E-state index in [0.29, 0.717) is 11.6 Å². The Balaban J connectivity index is 2.04. The predicted molar refractivity (Wildman–Crippen MR) is 75.1 cm³/mol. The summed E-state index contributed by atoms with van der Waals surface area (Å²) in [7, 11) is 0. The number of aliphatic hydroxyl groups is 1. The number of rotatable bonds is 4. The molecule has 1 heterocycles. The zero-order chi connectivity index (χ0) is 13.8. The van der Waals surface area contributed by atoms with Crippen LogP contribution in [0.25, 0.3) is 0 Å². The largest absolute Gasteiger partial charge is 0.393 e. The highest BCUT2D eigenvalue weighted by Crippen LogP contribution is 2.21. The van der Waals surface area contributed by atoms with E-state index in [4.69, 9.17) is 17.3 Å². The lowest BCUT2D eigenvalue weighted by atomic mass is 9.96. The van der Waals surface area contributed by atoms with Gasteiger partial charge in [-0.05, 0) is 30.5 Å². The summed E-state index contributed by atoms with van der Waals surface area (Å²) < 4.78 is 0. The van der Waals surface area contributed by atoms with Crippen molar-refractivity contribution in [3.05, 3.63) is 34.9 Å². The van der Waals surface area contributed by atoms with Gasteiger partial charge in [0.15, 0.2) is 0 Å². The van der Waals surface area contributed by atoms with E-state index in [2.05, 4.69) is 4.90 Å². The number of hydrogen-bond acceptors (Lipinski definition) is 3. The van der Waals surface area contributed by atoms with Crippen LogP contribution in [-0.4, -0.2) is 41.7 Å². The lowest BCUT2D eigenvalue weighted by Crippen LogP contribution is -2.41. The average molecular weight is 283 g/mol. The summed E-state index contributed by atoms with van der Waals surface area (Å²) in [5.74, 6) is -0.652. The number of primary amides is 1. The summed E-state index contributed by atoms with van der Waals surface area (Å²) in [6, 6.07) is 7.23. The Labute approximate surface area is 118 Å². The number of aliphatic hydroxyl groups excluding tert-OH is 1. The zero-order valence-electron chi connectivity index (χ0n) is 10.8.